The number of nitrogens with two attached hydrogens (primary N) is 1. The molecule has 2 fully saturated rings. The lowest BCUT2D eigenvalue weighted by Crippen LogP contribution is -2.68. The van der Waals surface area contributed by atoms with E-state index in [0.717, 1.165) is 83.5 Å². The standard InChI is InChI=1S/C61H115N5O13/c1-5-8-11-14-17-20-21-24-27-30-35-40-55(72)79-60-56(65-51(68)38-33-31-36-41-62)61(76-4)78-50(59(60)75)43-63-53(70)45-66-44-48(57(73)58(74)49(66)46-67)64-52(69)42-47(37-32-28-25-22-18-15-12-9-6-2)77-54(71)39-34-29-26-23-19-16-13-10-7-3/h47-50,56-61,67,73-75H,5-46,62H2,1-4H3,(H,63,70)(H,64,69)(H,65,68)/t47-,48+,49-,50-,56-,57-,58-,59-,60-,61+/m1/s1. The molecule has 0 bridgehead atoms. The Hall–Kier alpha value is -2.97. The fourth-order valence-corrected chi connectivity index (χ4v) is 10.9. The Labute approximate surface area is 477 Å². The summed E-state index contributed by atoms with van der Waals surface area (Å²) in [5.74, 6) is -2.28. The first kappa shape index (κ1) is 72.1. The molecule has 9 N–H and O–H groups in total. The summed E-state index contributed by atoms with van der Waals surface area (Å²) >= 11 is 0. The summed E-state index contributed by atoms with van der Waals surface area (Å²) in [5, 5.41) is 53.0. The van der Waals surface area contributed by atoms with E-state index in [1.807, 2.05) is 0 Å². The summed E-state index contributed by atoms with van der Waals surface area (Å²) in [6, 6.07) is -3.16. The van der Waals surface area contributed by atoms with Crippen molar-refractivity contribution in [1.82, 2.24) is 20.9 Å². The van der Waals surface area contributed by atoms with Gasteiger partial charge in [-0.3, -0.25) is 28.9 Å². The Morgan fingerprint density at radius 3 is 1.57 bits per heavy atom. The molecule has 0 aromatic rings. The van der Waals surface area contributed by atoms with Gasteiger partial charge >= 0.3 is 11.9 Å². The molecule has 2 heterocycles. The smallest absolute Gasteiger partial charge is 0.306 e. The summed E-state index contributed by atoms with van der Waals surface area (Å²) in [4.78, 5) is 68.5. The second-order valence-electron chi connectivity index (χ2n) is 22.9. The molecule has 0 radical (unpaired) electrons. The van der Waals surface area contributed by atoms with Gasteiger partial charge in [-0.25, -0.2) is 0 Å². The van der Waals surface area contributed by atoms with E-state index in [4.69, 9.17) is 24.7 Å². The van der Waals surface area contributed by atoms with Gasteiger partial charge in [-0.05, 0) is 45.1 Å². The Morgan fingerprint density at radius 2 is 1.06 bits per heavy atom. The average molecular weight is 1130 g/mol. The zero-order valence-corrected chi connectivity index (χ0v) is 50.0. The maximum absolute atomic E-state index is 13.7. The molecule has 2 saturated heterocycles. The van der Waals surface area contributed by atoms with Crippen LogP contribution in [0.4, 0.5) is 0 Å². The van der Waals surface area contributed by atoms with Crippen LogP contribution >= 0.6 is 0 Å². The molecule has 462 valence electrons. The van der Waals surface area contributed by atoms with Crippen LogP contribution in [-0.4, -0.2) is 156 Å². The number of hydrogen-bond acceptors (Lipinski definition) is 15. The molecule has 0 aromatic heterocycles. The summed E-state index contributed by atoms with van der Waals surface area (Å²) in [5.41, 5.74) is 5.63. The van der Waals surface area contributed by atoms with Crippen molar-refractivity contribution in [2.75, 3.05) is 39.9 Å². The van der Waals surface area contributed by atoms with Crippen LogP contribution in [-0.2, 0) is 42.9 Å². The number of nitrogens with zero attached hydrogens (tertiary/aromatic N) is 1. The largest absolute Gasteiger partial charge is 0.462 e. The molecule has 0 aromatic carbocycles. The monoisotopic (exact) mass is 1130 g/mol. The molecule has 0 unspecified atom stereocenters. The molecule has 2 aliphatic rings. The summed E-state index contributed by atoms with van der Waals surface area (Å²) in [6.45, 7) is 5.78. The van der Waals surface area contributed by atoms with Crippen LogP contribution in [0.5, 0.6) is 0 Å². The average Bonchev–Trinajstić information content (AvgIpc) is 3.45. The number of methoxy groups -OCH3 is 1. The van der Waals surface area contributed by atoms with Crippen LogP contribution in [0.2, 0.25) is 0 Å². The highest BCUT2D eigenvalue weighted by Gasteiger charge is 2.49. The molecule has 10 atom stereocenters. The molecule has 79 heavy (non-hydrogen) atoms. The van der Waals surface area contributed by atoms with Crippen LogP contribution < -0.4 is 21.7 Å². The quantitative estimate of drug-likeness (QED) is 0.0210. The minimum absolute atomic E-state index is 0.108. The number of unbranched alkanes of at least 4 members (excludes halogenated alkanes) is 28. The van der Waals surface area contributed by atoms with Crippen molar-refractivity contribution in [3.05, 3.63) is 0 Å². The van der Waals surface area contributed by atoms with E-state index in [1.54, 1.807) is 0 Å². The molecule has 0 saturated carbocycles. The lowest BCUT2D eigenvalue weighted by atomic mass is 9.92. The van der Waals surface area contributed by atoms with Gasteiger partial charge in [0.25, 0.3) is 0 Å². The molecule has 18 heteroatoms. The first-order chi connectivity index (χ1) is 38.3. The molecule has 3 amide bonds. The van der Waals surface area contributed by atoms with Crippen molar-refractivity contribution in [3.8, 4) is 0 Å². The highest BCUT2D eigenvalue weighted by Crippen LogP contribution is 2.27. The predicted octanol–water partition coefficient (Wildman–Crippen LogP) is 8.48. The van der Waals surface area contributed by atoms with Crippen molar-refractivity contribution in [2.45, 2.75) is 319 Å². The zero-order chi connectivity index (χ0) is 57.9. The van der Waals surface area contributed by atoms with Gasteiger partial charge in [0.05, 0.1) is 37.8 Å². The van der Waals surface area contributed by atoms with E-state index in [-0.39, 0.29) is 57.2 Å². The van der Waals surface area contributed by atoms with E-state index in [0.29, 0.717) is 25.8 Å². The SMILES string of the molecule is CCCCCCCCCCCCCC(=O)O[C@H]1[C@H](O)[C@@H](CNC(=O)CN2C[C@H](NC(=O)C[C@@H](CCCCCCCCCCC)OC(=O)CCCCCCCCCCC)[C@@H](O)[C@H](O)[C@H]2CO)O[C@H](OC)[C@@H]1NC(=O)CCCCCN. The highest BCUT2D eigenvalue weighted by atomic mass is 16.7. The fourth-order valence-electron chi connectivity index (χ4n) is 10.9. The maximum atomic E-state index is 13.7. The number of aliphatic hydroxyl groups excluding tert-OH is 4. The number of carbonyl (C=O) groups is 5. The van der Waals surface area contributed by atoms with Gasteiger partial charge in [0, 0.05) is 39.5 Å². The first-order valence-corrected chi connectivity index (χ1v) is 31.8. The van der Waals surface area contributed by atoms with Gasteiger partial charge in [0.15, 0.2) is 12.4 Å². The Morgan fingerprint density at radius 1 is 0.582 bits per heavy atom. The molecular formula is C61H115N5O13. The number of piperidine rings is 1. The van der Waals surface area contributed by atoms with Crippen molar-refractivity contribution in [2.24, 2.45) is 5.73 Å². The van der Waals surface area contributed by atoms with Crippen molar-refractivity contribution >= 4 is 29.7 Å². The highest BCUT2D eigenvalue weighted by molar-refractivity contribution is 5.79. The molecular weight excluding hydrogens is 1010 g/mol. The van der Waals surface area contributed by atoms with Gasteiger partial charge in [0.2, 0.25) is 17.7 Å². The third kappa shape index (κ3) is 32.5. The van der Waals surface area contributed by atoms with Crippen LogP contribution in [0.3, 0.4) is 0 Å². The van der Waals surface area contributed by atoms with Crippen LogP contribution in [0.25, 0.3) is 0 Å². The summed E-state index contributed by atoms with van der Waals surface area (Å²) in [6.07, 6.45) is 26.7. The number of hydrogen-bond donors (Lipinski definition) is 8. The minimum Gasteiger partial charge on any atom is -0.462 e. The number of carbonyl (C=O) groups excluding carboxylic acids is 5. The number of aliphatic hydroxyl groups is 4. The predicted molar refractivity (Wildman–Crippen MR) is 310 cm³/mol. The van der Waals surface area contributed by atoms with Crippen molar-refractivity contribution in [1.29, 1.82) is 0 Å². The summed E-state index contributed by atoms with van der Waals surface area (Å²) < 4.78 is 23.6. The van der Waals surface area contributed by atoms with Crippen LogP contribution in [0.15, 0.2) is 0 Å². The topological polar surface area (TPSA) is 269 Å². The Bertz CT molecular complexity index is 1580. The van der Waals surface area contributed by atoms with E-state index in [9.17, 15) is 44.4 Å². The summed E-state index contributed by atoms with van der Waals surface area (Å²) in [7, 11) is 1.37. The number of rotatable bonds is 49. The molecule has 0 aliphatic carbocycles. The van der Waals surface area contributed by atoms with Gasteiger partial charge in [-0.2, -0.15) is 0 Å². The van der Waals surface area contributed by atoms with E-state index in [2.05, 4.69) is 36.7 Å². The molecule has 2 aliphatic heterocycles. The van der Waals surface area contributed by atoms with Gasteiger partial charge < -0.3 is 61.1 Å². The number of esters is 2. The van der Waals surface area contributed by atoms with Crippen molar-refractivity contribution in [3.63, 3.8) is 0 Å². The lowest BCUT2D eigenvalue weighted by molar-refractivity contribution is -0.260. The number of nitrogens with one attached hydrogen (secondary N) is 3. The maximum Gasteiger partial charge on any atom is 0.306 e. The zero-order valence-electron chi connectivity index (χ0n) is 50.0. The number of ether oxygens (including phenoxy) is 4. The second kappa shape index (κ2) is 46.5. The fraction of sp³-hybridized carbons (Fsp3) is 0.918. The molecule has 2 rings (SSSR count). The first-order valence-electron chi connectivity index (χ1n) is 31.8. The second-order valence-corrected chi connectivity index (χ2v) is 22.9. The van der Waals surface area contributed by atoms with Gasteiger partial charge in [-0.1, -0.05) is 194 Å². The van der Waals surface area contributed by atoms with Crippen LogP contribution in [0.1, 0.15) is 258 Å². The Kier molecular flexibility index (Phi) is 42.5. The van der Waals surface area contributed by atoms with Gasteiger partial charge in [-0.15, -0.1) is 0 Å². The minimum atomic E-state index is -1.54. The third-order valence-electron chi connectivity index (χ3n) is 15.9. The van der Waals surface area contributed by atoms with E-state index in [1.165, 1.54) is 121 Å². The third-order valence-corrected chi connectivity index (χ3v) is 15.9. The van der Waals surface area contributed by atoms with Crippen LogP contribution in [0, 0.1) is 0 Å². The molecule has 0 spiro atoms. The molecule has 18 nitrogen and oxygen atoms in total. The Balaban J connectivity index is 2.08. The normalized spacial score (nSPS) is 22.8. The van der Waals surface area contributed by atoms with Gasteiger partial charge in [0.1, 0.15) is 30.5 Å². The van der Waals surface area contributed by atoms with E-state index >= 15 is 0 Å². The lowest BCUT2D eigenvalue weighted by Gasteiger charge is -2.45. The van der Waals surface area contributed by atoms with Crippen molar-refractivity contribution < 1.29 is 63.3 Å². The van der Waals surface area contributed by atoms with E-state index < -0.39 is 85.4 Å². The number of likely N-dealkylation sites (tertiary alicyclic amines) is 1. The number of amides is 3.